The Morgan fingerprint density at radius 1 is 1.38 bits per heavy atom. The highest BCUT2D eigenvalue weighted by Crippen LogP contribution is 2.19. The van der Waals surface area contributed by atoms with Gasteiger partial charge in [0.2, 0.25) is 5.78 Å². The lowest BCUT2D eigenvalue weighted by atomic mass is 10.2. The summed E-state index contributed by atoms with van der Waals surface area (Å²) < 4.78 is 5.50. The second-order valence-corrected chi connectivity index (χ2v) is 3.90. The van der Waals surface area contributed by atoms with Crippen LogP contribution in [0.2, 0.25) is 0 Å². The molecule has 0 radical (unpaired) electrons. The number of rotatable bonds is 4. The third-order valence-corrected chi connectivity index (χ3v) is 2.65. The van der Waals surface area contributed by atoms with Crippen molar-refractivity contribution < 1.29 is 9.21 Å². The summed E-state index contributed by atoms with van der Waals surface area (Å²) in [5.74, 6) is 0.474. The number of nitrogens with zero attached hydrogens (tertiary/aromatic N) is 1. The first-order valence-electron chi connectivity index (χ1n) is 5.41. The van der Waals surface area contributed by atoms with Crippen LogP contribution in [0.4, 0.5) is 0 Å². The van der Waals surface area contributed by atoms with E-state index in [-0.39, 0.29) is 5.78 Å². The van der Waals surface area contributed by atoms with Gasteiger partial charge in [0.15, 0.2) is 5.76 Å². The number of ketones is 1. The number of carbonyl (C=O) groups is 1. The van der Waals surface area contributed by atoms with Gasteiger partial charge in [-0.2, -0.15) is 0 Å². The average Bonchev–Trinajstić information content (AvgIpc) is 2.72. The predicted molar refractivity (Wildman–Crippen MR) is 63.7 cm³/mol. The Kier molecular flexibility index (Phi) is 3.06. The fraction of sp³-hybridized carbons (Fsp3) is 0.308. The number of likely N-dealkylation sites (N-methyl/N-ethyl adjacent to an activating group) is 1. The number of para-hydroxylation sites is 1. The van der Waals surface area contributed by atoms with Crippen molar-refractivity contribution in [1.82, 2.24) is 4.90 Å². The lowest BCUT2D eigenvalue weighted by Gasteiger charge is -2.10. The molecule has 0 unspecified atom stereocenters. The van der Waals surface area contributed by atoms with E-state index < -0.39 is 0 Å². The van der Waals surface area contributed by atoms with Gasteiger partial charge in [-0.15, -0.1) is 0 Å². The van der Waals surface area contributed by atoms with Crippen molar-refractivity contribution >= 4 is 16.8 Å². The van der Waals surface area contributed by atoms with Crippen LogP contribution in [-0.4, -0.2) is 30.8 Å². The summed E-state index contributed by atoms with van der Waals surface area (Å²) in [6, 6.07) is 9.46. The lowest BCUT2D eigenvalue weighted by molar-refractivity contribution is 0.0923. The first kappa shape index (κ1) is 10.9. The van der Waals surface area contributed by atoms with Gasteiger partial charge in [-0.25, -0.2) is 0 Å². The quantitative estimate of drug-likeness (QED) is 0.738. The Bertz CT molecular complexity index is 468. The van der Waals surface area contributed by atoms with E-state index in [1.807, 2.05) is 43.1 Å². The van der Waals surface area contributed by atoms with E-state index in [2.05, 4.69) is 0 Å². The van der Waals surface area contributed by atoms with Gasteiger partial charge in [0, 0.05) is 5.39 Å². The Labute approximate surface area is 94.7 Å². The Morgan fingerprint density at radius 3 is 2.81 bits per heavy atom. The molecule has 0 aliphatic heterocycles. The Morgan fingerprint density at radius 2 is 2.12 bits per heavy atom. The highest BCUT2D eigenvalue weighted by atomic mass is 16.3. The summed E-state index contributed by atoms with van der Waals surface area (Å²) in [5.41, 5.74) is 0.769. The van der Waals surface area contributed by atoms with E-state index in [9.17, 15) is 4.79 Å². The van der Waals surface area contributed by atoms with Gasteiger partial charge in [-0.3, -0.25) is 9.69 Å². The monoisotopic (exact) mass is 217 g/mol. The maximum absolute atomic E-state index is 11.8. The number of furan rings is 1. The van der Waals surface area contributed by atoms with Gasteiger partial charge in [0.05, 0.1) is 6.54 Å². The SMILES string of the molecule is CCN(C)CC(=O)c1cc2ccccc2o1. The molecule has 0 spiro atoms. The standard InChI is InChI=1S/C13H15NO2/c1-3-14(2)9-11(15)13-8-10-6-4-5-7-12(10)16-13/h4-8H,3,9H2,1-2H3. The minimum absolute atomic E-state index is 0.0283. The molecule has 1 heterocycles. The number of hydrogen-bond acceptors (Lipinski definition) is 3. The van der Waals surface area contributed by atoms with Crippen LogP contribution in [0.1, 0.15) is 17.5 Å². The summed E-state index contributed by atoms with van der Waals surface area (Å²) in [4.78, 5) is 13.8. The molecule has 0 saturated heterocycles. The van der Waals surface area contributed by atoms with Crippen molar-refractivity contribution in [1.29, 1.82) is 0 Å². The fourth-order valence-electron chi connectivity index (χ4n) is 1.55. The van der Waals surface area contributed by atoms with Crippen LogP contribution in [0.15, 0.2) is 34.7 Å². The molecule has 0 aliphatic carbocycles. The van der Waals surface area contributed by atoms with Crippen LogP contribution in [0.25, 0.3) is 11.0 Å². The van der Waals surface area contributed by atoms with Gasteiger partial charge in [0.1, 0.15) is 5.58 Å². The van der Waals surface area contributed by atoms with E-state index in [4.69, 9.17) is 4.42 Å². The van der Waals surface area contributed by atoms with E-state index in [1.165, 1.54) is 0 Å². The topological polar surface area (TPSA) is 33.5 Å². The maximum atomic E-state index is 11.8. The second kappa shape index (κ2) is 4.49. The zero-order chi connectivity index (χ0) is 11.5. The van der Waals surface area contributed by atoms with E-state index in [0.717, 1.165) is 17.5 Å². The molecule has 1 aromatic carbocycles. The molecule has 16 heavy (non-hydrogen) atoms. The van der Waals surface area contributed by atoms with Crippen molar-refractivity contribution in [2.45, 2.75) is 6.92 Å². The molecule has 0 fully saturated rings. The molecule has 0 N–H and O–H groups in total. The average molecular weight is 217 g/mol. The molecular formula is C13H15NO2. The number of hydrogen-bond donors (Lipinski definition) is 0. The summed E-state index contributed by atoms with van der Waals surface area (Å²) in [6.45, 7) is 3.27. The molecule has 3 heteroatoms. The summed E-state index contributed by atoms with van der Waals surface area (Å²) in [5, 5.41) is 0.977. The highest BCUT2D eigenvalue weighted by Gasteiger charge is 2.13. The molecule has 0 saturated carbocycles. The van der Waals surface area contributed by atoms with Crippen LogP contribution < -0.4 is 0 Å². The van der Waals surface area contributed by atoms with E-state index >= 15 is 0 Å². The molecule has 0 aliphatic rings. The molecular weight excluding hydrogens is 202 g/mol. The number of Topliss-reactive ketones (excluding diaryl/α,β-unsaturated/α-hetero) is 1. The summed E-state index contributed by atoms with van der Waals surface area (Å²) in [7, 11) is 1.92. The molecule has 84 valence electrons. The number of fused-ring (bicyclic) bond motifs is 1. The van der Waals surface area contributed by atoms with Gasteiger partial charge in [0.25, 0.3) is 0 Å². The maximum Gasteiger partial charge on any atom is 0.211 e. The third kappa shape index (κ3) is 2.14. The molecule has 2 rings (SSSR count). The van der Waals surface area contributed by atoms with Crippen molar-refractivity contribution in [2.24, 2.45) is 0 Å². The Balaban J connectivity index is 2.23. The van der Waals surface area contributed by atoms with Gasteiger partial charge < -0.3 is 4.42 Å². The van der Waals surface area contributed by atoms with Gasteiger partial charge >= 0.3 is 0 Å². The van der Waals surface area contributed by atoms with Crippen LogP contribution in [-0.2, 0) is 0 Å². The molecule has 0 atom stereocenters. The second-order valence-electron chi connectivity index (χ2n) is 3.90. The van der Waals surface area contributed by atoms with Crippen molar-refractivity contribution in [3.8, 4) is 0 Å². The molecule has 1 aromatic heterocycles. The fourth-order valence-corrected chi connectivity index (χ4v) is 1.55. The normalized spacial score (nSPS) is 11.2. The van der Waals surface area contributed by atoms with Crippen molar-refractivity contribution in [2.75, 3.05) is 20.1 Å². The minimum atomic E-state index is 0.0283. The van der Waals surface area contributed by atoms with Crippen LogP contribution in [0.5, 0.6) is 0 Å². The smallest absolute Gasteiger partial charge is 0.211 e. The predicted octanol–water partition coefficient (Wildman–Crippen LogP) is 2.57. The first-order chi connectivity index (χ1) is 7.70. The van der Waals surface area contributed by atoms with Crippen molar-refractivity contribution in [3.05, 3.63) is 36.1 Å². The molecule has 3 nitrogen and oxygen atoms in total. The van der Waals surface area contributed by atoms with Gasteiger partial charge in [-0.1, -0.05) is 25.1 Å². The van der Waals surface area contributed by atoms with Crippen LogP contribution in [0, 0.1) is 0 Å². The van der Waals surface area contributed by atoms with E-state index in [1.54, 1.807) is 6.07 Å². The number of carbonyl (C=O) groups excluding carboxylic acids is 1. The Hall–Kier alpha value is -1.61. The van der Waals surface area contributed by atoms with Crippen molar-refractivity contribution in [3.63, 3.8) is 0 Å². The van der Waals surface area contributed by atoms with Crippen LogP contribution >= 0.6 is 0 Å². The molecule has 2 aromatic rings. The zero-order valence-electron chi connectivity index (χ0n) is 9.56. The highest BCUT2D eigenvalue weighted by molar-refractivity contribution is 5.98. The third-order valence-electron chi connectivity index (χ3n) is 2.65. The lowest BCUT2D eigenvalue weighted by Crippen LogP contribution is -2.25. The summed E-state index contributed by atoms with van der Waals surface area (Å²) in [6.07, 6.45) is 0. The number of benzene rings is 1. The molecule has 0 bridgehead atoms. The first-order valence-corrected chi connectivity index (χ1v) is 5.41. The largest absolute Gasteiger partial charge is 0.453 e. The zero-order valence-corrected chi connectivity index (χ0v) is 9.56. The molecule has 0 amide bonds. The van der Waals surface area contributed by atoms with Crippen LogP contribution in [0.3, 0.4) is 0 Å². The van der Waals surface area contributed by atoms with Gasteiger partial charge in [-0.05, 0) is 25.7 Å². The van der Waals surface area contributed by atoms with E-state index in [0.29, 0.717) is 12.3 Å². The summed E-state index contributed by atoms with van der Waals surface area (Å²) >= 11 is 0. The minimum Gasteiger partial charge on any atom is -0.453 e.